The zero-order valence-corrected chi connectivity index (χ0v) is 22.9. The van der Waals surface area contributed by atoms with E-state index < -0.39 is 60.0 Å². The fraction of sp³-hybridized carbons (Fsp3) is 0.958. The van der Waals surface area contributed by atoms with Gasteiger partial charge in [0, 0.05) is 6.04 Å². The standard InChI is InChI=1S/C24H41ClF3N3O5S/c1-12(25)17(21-19(33)18(32)20(34)23(36-21)37-2)31-22(35)16-8-5-14(9-10-29-16)13-3-6-15(7-4-13)30-11-24(26,27)28/h12-21,23,29-30,32-34H,3-11H2,1-2H3,(H,31,35)/t12-,13-,14-,15+,16-,17+,18?,19?,20+,21+,23?/m0/s1. The Labute approximate surface area is 225 Å². The van der Waals surface area contributed by atoms with Crippen molar-refractivity contribution in [3.05, 3.63) is 0 Å². The maximum Gasteiger partial charge on any atom is 0.401 e. The van der Waals surface area contributed by atoms with Gasteiger partial charge in [-0.15, -0.1) is 23.4 Å². The molecule has 0 radical (unpaired) electrons. The SMILES string of the molecule is CSC1O[C@H]([C@H](NC(=O)[C@@H]2CC[C@H]([C@H]3CC[C@@H](NCC(F)(F)F)CC3)CCN2)[C@H](C)Cl)C(O)C(O)[C@H]1O. The number of carbonyl (C=O) groups is 1. The van der Waals surface area contributed by atoms with Crippen molar-refractivity contribution in [1.29, 1.82) is 0 Å². The topological polar surface area (TPSA) is 123 Å². The van der Waals surface area contributed by atoms with Crippen LogP contribution in [0.15, 0.2) is 0 Å². The Hall–Kier alpha value is -0.340. The molecule has 216 valence electrons. The van der Waals surface area contributed by atoms with Gasteiger partial charge in [0.2, 0.25) is 5.91 Å². The molecule has 0 aromatic rings. The van der Waals surface area contributed by atoms with Crippen LogP contribution in [0.25, 0.3) is 0 Å². The third kappa shape index (κ3) is 8.57. The number of ether oxygens (including phenoxy) is 1. The first-order chi connectivity index (χ1) is 17.4. The van der Waals surface area contributed by atoms with Crippen molar-refractivity contribution in [1.82, 2.24) is 16.0 Å². The van der Waals surface area contributed by atoms with Crippen LogP contribution in [-0.4, -0.2) is 100 Å². The molecule has 2 heterocycles. The van der Waals surface area contributed by atoms with E-state index in [1.54, 1.807) is 13.2 Å². The van der Waals surface area contributed by atoms with Crippen molar-refractivity contribution in [2.24, 2.45) is 11.8 Å². The number of carbonyl (C=O) groups excluding carboxylic acids is 1. The number of rotatable bonds is 8. The summed E-state index contributed by atoms with van der Waals surface area (Å²) in [5, 5.41) is 39.2. The molecule has 3 unspecified atom stereocenters. The van der Waals surface area contributed by atoms with Crippen LogP contribution in [0.4, 0.5) is 13.2 Å². The predicted octanol–water partition coefficient (Wildman–Crippen LogP) is 1.74. The summed E-state index contributed by atoms with van der Waals surface area (Å²) in [6.45, 7) is 1.37. The Morgan fingerprint density at radius 2 is 1.68 bits per heavy atom. The molecule has 6 N–H and O–H groups in total. The number of nitrogens with one attached hydrogen (secondary N) is 3. The van der Waals surface area contributed by atoms with Crippen LogP contribution >= 0.6 is 23.4 Å². The zero-order chi connectivity index (χ0) is 27.3. The van der Waals surface area contributed by atoms with Crippen molar-refractivity contribution in [2.45, 2.75) is 111 Å². The van der Waals surface area contributed by atoms with E-state index in [-0.39, 0.29) is 11.9 Å². The average molecular weight is 576 g/mol. The molecule has 1 amide bonds. The molecule has 0 bridgehead atoms. The molecule has 3 fully saturated rings. The number of hydrogen-bond donors (Lipinski definition) is 6. The second kappa shape index (κ2) is 13.8. The number of hydrogen-bond acceptors (Lipinski definition) is 8. The molecule has 1 aliphatic carbocycles. The molecule has 2 aliphatic heterocycles. The molecule has 1 saturated carbocycles. The average Bonchev–Trinajstić information content (AvgIpc) is 3.11. The number of thioether (sulfide) groups is 1. The van der Waals surface area contributed by atoms with Gasteiger partial charge in [0.05, 0.1) is 24.0 Å². The van der Waals surface area contributed by atoms with Crippen LogP contribution in [-0.2, 0) is 9.53 Å². The Bertz CT molecular complexity index is 730. The fourth-order valence-electron chi connectivity index (χ4n) is 5.91. The maximum atomic E-state index is 13.2. The van der Waals surface area contributed by atoms with Gasteiger partial charge >= 0.3 is 6.18 Å². The summed E-state index contributed by atoms with van der Waals surface area (Å²) in [7, 11) is 0. The number of alkyl halides is 4. The van der Waals surface area contributed by atoms with E-state index >= 15 is 0 Å². The molecule has 2 saturated heterocycles. The first kappa shape index (κ1) is 31.2. The monoisotopic (exact) mass is 575 g/mol. The highest BCUT2D eigenvalue weighted by Gasteiger charge is 2.48. The Morgan fingerprint density at radius 1 is 1.05 bits per heavy atom. The number of aliphatic hydroxyl groups excluding tert-OH is 3. The lowest BCUT2D eigenvalue weighted by Crippen LogP contribution is -2.65. The minimum atomic E-state index is -4.20. The molecule has 8 nitrogen and oxygen atoms in total. The summed E-state index contributed by atoms with van der Waals surface area (Å²) in [4.78, 5) is 13.2. The van der Waals surface area contributed by atoms with E-state index in [0.717, 1.165) is 38.5 Å². The molecule has 13 heteroatoms. The van der Waals surface area contributed by atoms with Gasteiger partial charge in [-0.05, 0) is 76.5 Å². The van der Waals surface area contributed by atoms with Gasteiger partial charge in [0.25, 0.3) is 0 Å². The summed E-state index contributed by atoms with van der Waals surface area (Å²) in [6, 6.07) is -1.35. The minimum absolute atomic E-state index is 0.0996. The molecule has 9 atom stereocenters. The molecule has 0 aromatic heterocycles. The predicted molar refractivity (Wildman–Crippen MR) is 136 cm³/mol. The number of amides is 1. The summed E-state index contributed by atoms with van der Waals surface area (Å²) >= 11 is 7.57. The van der Waals surface area contributed by atoms with Gasteiger partial charge in [-0.25, -0.2) is 0 Å². The molecule has 37 heavy (non-hydrogen) atoms. The van der Waals surface area contributed by atoms with E-state index in [9.17, 15) is 33.3 Å². The van der Waals surface area contributed by atoms with E-state index in [2.05, 4.69) is 16.0 Å². The van der Waals surface area contributed by atoms with Crippen molar-refractivity contribution in [3.8, 4) is 0 Å². The summed E-state index contributed by atoms with van der Waals surface area (Å²) in [5.41, 5.74) is -0.770. The zero-order valence-electron chi connectivity index (χ0n) is 21.3. The van der Waals surface area contributed by atoms with Gasteiger partial charge in [-0.2, -0.15) is 13.2 Å². The van der Waals surface area contributed by atoms with Gasteiger partial charge in [-0.1, -0.05) is 0 Å². The van der Waals surface area contributed by atoms with Crippen LogP contribution in [0.3, 0.4) is 0 Å². The lowest BCUT2D eigenvalue weighted by atomic mass is 9.75. The van der Waals surface area contributed by atoms with Crippen LogP contribution in [0.2, 0.25) is 0 Å². The number of halogens is 4. The van der Waals surface area contributed by atoms with E-state index in [4.69, 9.17) is 16.3 Å². The smallest absolute Gasteiger partial charge is 0.388 e. The molecular weight excluding hydrogens is 535 g/mol. The van der Waals surface area contributed by atoms with E-state index in [1.807, 2.05) is 0 Å². The Kier molecular flexibility index (Phi) is 11.7. The highest BCUT2D eigenvalue weighted by molar-refractivity contribution is 7.99. The first-order valence-electron chi connectivity index (χ1n) is 13.1. The Morgan fingerprint density at radius 3 is 2.27 bits per heavy atom. The molecule has 0 spiro atoms. The second-order valence-electron chi connectivity index (χ2n) is 10.6. The van der Waals surface area contributed by atoms with E-state index in [0.29, 0.717) is 24.8 Å². The molecule has 0 aromatic carbocycles. The summed E-state index contributed by atoms with van der Waals surface area (Å²) < 4.78 is 43.3. The molecule has 3 rings (SSSR count). The molecular formula is C24H41ClF3N3O5S. The minimum Gasteiger partial charge on any atom is -0.388 e. The first-order valence-corrected chi connectivity index (χ1v) is 14.8. The van der Waals surface area contributed by atoms with E-state index in [1.165, 1.54) is 11.8 Å². The van der Waals surface area contributed by atoms with Crippen molar-refractivity contribution in [3.63, 3.8) is 0 Å². The van der Waals surface area contributed by atoms with Crippen LogP contribution in [0.5, 0.6) is 0 Å². The fourth-order valence-corrected chi connectivity index (χ4v) is 6.79. The van der Waals surface area contributed by atoms with Crippen molar-refractivity contribution < 1.29 is 38.0 Å². The lowest BCUT2D eigenvalue weighted by molar-refractivity contribution is -0.205. The van der Waals surface area contributed by atoms with Crippen molar-refractivity contribution in [2.75, 3.05) is 19.3 Å². The third-order valence-electron chi connectivity index (χ3n) is 8.07. The Balaban J connectivity index is 1.52. The quantitative estimate of drug-likeness (QED) is 0.242. The third-order valence-corrected chi connectivity index (χ3v) is 9.20. The number of aliphatic hydroxyl groups is 3. The maximum absolute atomic E-state index is 13.2. The summed E-state index contributed by atoms with van der Waals surface area (Å²) in [5.74, 6) is 0.569. The largest absolute Gasteiger partial charge is 0.401 e. The summed E-state index contributed by atoms with van der Waals surface area (Å²) in [6.07, 6.45) is -2.04. The molecule has 3 aliphatic rings. The van der Waals surface area contributed by atoms with Gasteiger partial charge in [-0.3, -0.25) is 4.79 Å². The van der Waals surface area contributed by atoms with Crippen LogP contribution < -0.4 is 16.0 Å². The van der Waals surface area contributed by atoms with Gasteiger partial charge in [0.15, 0.2) is 0 Å². The highest BCUT2D eigenvalue weighted by Crippen LogP contribution is 2.36. The second-order valence-corrected chi connectivity index (χ2v) is 12.3. The van der Waals surface area contributed by atoms with Crippen LogP contribution in [0, 0.1) is 11.8 Å². The van der Waals surface area contributed by atoms with Gasteiger partial charge in [0.1, 0.15) is 29.9 Å². The van der Waals surface area contributed by atoms with Crippen LogP contribution in [0.1, 0.15) is 51.9 Å². The lowest BCUT2D eigenvalue weighted by Gasteiger charge is -2.44. The normalized spacial score (nSPS) is 39.4. The highest BCUT2D eigenvalue weighted by atomic mass is 35.5. The van der Waals surface area contributed by atoms with Crippen molar-refractivity contribution >= 4 is 29.3 Å². The van der Waals surface area contributed by atoms with Gasteiger partial charge < -0.3 is 36.0 Å².